The number of carbonyl (C=O) groups is 1. The standard InChI is InChI=1S/C12H15N5O/c1-8-4-5-10(9(2)6-8)13-12(18)7-11-14-15-16-17(11)3/h4-6H,7H2,1-3H3,(H,13,18). The minimum absolute atomic E-state index is 0.125. The number of carbonyl (C=O) groups excluding carboxylic acids is 1. The van der Waals surface area contributed by atoms with Crippen LogP contribution in [-0.2, 0) is 18.3 Å². The van der Waals surface area contributed by atoms with E-state index >= 15 is 0 Å². The van der Waals surface area contributed by atoms with Gasteiger partial charge in [0.1, 0.15) is 0 Å². The molecule has 0 aliphatic heterocycles. The van der Waals surface area contributed by atoms with Gasteiger partial charge in [-0.15, -0.1) is 5.10 Å². The number of aromatic nitrogens is 4. The van der Waals surface area contributed by atoms with E-state index in [0.717, 1.165) is 11.3 Å². The molecule has 6 heteroatoms. The SMILES string of the molecule is Cc1ccc(NC(=O)Cc2nnnn2C)c(C)c1. The summed E-state index contributed by atoms with van der Waals surface area (Å²) in [5.41, 5.74) is 3.03. The molecule has 0 saturated carbocycles. The third kappa shape index (κ3) is 2.71. The maximum Gasteiger partial charge on any atom is 0.232 e. The molecule has 0 saturated heterocycles. The number of nitrogens with zero attached hydrogens (tertiary/aromatic N) is 4. The topological polar surface area (TPSA) is 72.7 Å². The molecule has 6 nitrogen and oxygen atoms in total. The Morgan fingerprint density at radius 1 is 1.39 bits per heavy atom. The molecule has 94 valence electrons. The third-order valence-corrected chi connectivity index (χ3v) is 2.68. The summed E-state index contributed by atoms with van der Waals surface area (Å²) in [6.45, 7) is 3.98. The van der Waals surface area contributed by atoms with Gasteiger partial charge in [0, 0.05) is 12.7 Å². The second-order valence-electron chi connectivity index (χ2n) is 4.26. The van der Waals surface area contributed by atoms with Gasteiger partial charge in [-0.2, -0.15) is 0 Å². The maximum atomic E-state index is 11.8. The van der Waals surface area contributed by atoms with Crippen LogP contribution in [0.4, 0.5) is 5.69 Å². The first-order chi connectivity index (χ1) is 8.56. The van der Waals surface area contributed by atoms with Gasteiger partial charge in [0.15, 0.2) is 5.82 Å². The van der Waals surface area contributed by atoms with Gasteiger partial charge in [-0.1, -0.05) is 17.7 Å². The first kappa shape index (κ1) is 12.2. The van der Waals surface area contributed by atoms with E-state index in [2.05, 4.69) is 20.8 Å². The van der Waals surface area contributed by atoms with Crippen molar-refractivity contribution in [2.45, 2.75) is 20.3 Å². The summed E-state index contributed by atoms with van der Waals surface area (Å²) in [5, 5.41) is 13.8. The van der Waals surface area contributed by atoms with Gasteiger partial charge in [-0.25, -0.2) is 4.68 Å². The Labute approximate surface area is 105 Å². The van der Waals surface area contributed by atoms with Crippen LogP contribution in [-0.4, -0.2) is 26.1 Å². The zero-order valence-electron chi connectivity index (χ0n) is 10.6. The first-order valence-corrected chi connectivity index (χ1v) is 5.64. The number of hydrogen-bond donors (Lipinski definition) is 1. The van der Waals surface area contributed by atoms with Crippen molar-refractivity contribution >= 4 is 11.6 Å². The number of anilines is 1. The smallest absolute Gasteiger partial charge is 0.232 e. The van der Waals surface area contributed by atoms with E-state index in [1.807, 2.05) is 32.0 Å². The van der Waals surface area contributed by atoms with Crippen molar-refractivity contribution in [3.63, 3.8) is 0 Å². The van der Waals surface area contributed by atoms with E-state index in [0.29, 0.717) is 5.82 Å². The molecule has 1 heterocycles. The quantitative estimate of drug-likeness (QED) is 0.875. The lowest BCUT2D eigenvalue weighted by molar-refractivity contribution is -0.115. The number of aryl methyl sites for hydroxylation is 3. The van der Waals surface area contributed by atoms with Crippen LogP contribution in [0.25, 0.3) is 0 Å². The molecule has 0 radical (unpaired) electrons. The minimum Gasteiger partial charge on any atom is -0.325 e. The summed E-state index contributed by atoms with van der Waals surface area (Å²) in [6, 6.07) is 5.89. The number of rotatable bonds is 3. The maximum absolute atomic E-state index is 11.8. The largest absolute Gasteiger partial charge is 0.325 e. The third-order valence-electron chi connectivity index (χ3n) is 2.68. The summed E-state index contributed by atoms with van der Waals surface area (Å²) in [4.78, 5) is 11.8. The Balaban J connectivity index is 2.05. The molecule has 0 spiro atoms. The van der Waals surface area contributed by atoms with E-state index in [1.165, 1.54) is 10.2 Å². The predicted octanol–water partition coefficient (Wildman–Crippen LogP) is 1.01. The number of tetrazole rings is 1. The molecule has 18 heavy (non-hydrogen) atoms. The van der Waals surface area contributed by atoms with Crippen molar-refractivity contribution in [2.24, 2.45) is 7.05 Å². The second-order valence-corrected chi connectivity index (χ2v) is 4.26. The van der Waals surface area contributed by atoms with Crippen LogP contribution in [0.3, 0.4) is 0 Å². The number of amides is 1. The van der Waals surface area contributed by atoms with Gasteiger partial charge in [0.25, 0.3) is 0 Å². The van der Waals surface area contributed by atoms with Gasteiger partial charge in [0.2, 0.25) is 5.91 Å². The van der Waals surface area contributed by atoms with Crippen LogP contribution < -0.4 is 5.32 Å². The summed E-state index contributed by atoms with van der Waals surface area (Å²) in [7, 11) is 1.71. The molecule has 1 aromatic carbocycles. The average molecular weight is 245 g/mol. The molecule has 0 fully saturated rings. The van der Waals surface area contributed by atoms with Crippen molar-refractivity contribution in [2.75, 3.05) is 5.32 Å². The molecule has 0 unspecified atom stereocenters. The Morgan fingerprint density at radius 3 is 2.78 bits per heavy atom. The molecule has 1 aromatic heterocycles. The van der Waals surface area contributed by atoms with Crippen molar-refractivity contribution in [1.29, 1.82) is 0 Å². The number of benzene rings is 1. The first-order valence-electron chi connectivity index (χ1n) is 5.64. The highest BCUT2D eigenvalue weighted by molar-refractivity contribution is 5.92. The monoisotopic (exact) mass is 245 g/mol. The van der Waals surface area contributed by atoms with E-state index in [-0.39, 0.29) is 12.3 Å². The molecule has 0 atom stereocenters. The van der Waals surface area contributed by atoms with Crippen LogP contribution in [0.15, 0.2) is 18.2 Å². The molecule has 1 N–H and O–H groups in total. The molecular formula is C12H15N5O. The van der Waals surface area contributed by atoms with Gasteiger partial charge < -0.3 is 5.32 Å². The predicted molar refractivity (Wildman–Crippen MR) is 67.0 cm³/mol. The van der Waals surface area contributed by atoms with Gasteiger partial charge in [-0.3, -0.25) is 4.79 Å². The van der Waals surface area contributed by atoms with Crippen LogP contribution in [0.2, 0.25) is 0 Å². The average Bonchev–Trinajstić information content (AvgIpc) is 2.69. The summed E-state index contributed by atoms with van der Waals surface area (Å²) >= 11 is 0. The lowest BCUT2D eigenvalue weighted by Crippen LogP contribution is -2.17. The normalized spacial score (nSPS) is 10.4. The Hall–Kier alpha value is -2.24. The van der Waals surface area contributed by atoms with E-state index in [1.54, 1.807) is 7.05 Å². The van der Waals surface area contributed by atoms with Gasteiger partial charge in [-0.05, 0) is 35.9 Å². The van der Waals surface area contributed by atoms with Crippen molar-refractivity contribution in [1.82, 2.24) is 20.2 Å². The van der Waals surface area contributed by atoms with E-state index < -0.39 is 0 Å². The number of hydrogen-bond acceptors (Lipinski definition) is 4. The fraction of sp³-hybridized carbons (Fsp3) is 0.333. The molecule has 2 rings (SSSR count). The lowest BCUT2D eigenvalue weighted by Gasteiger charge is -2.08. The molecule has 0 aliphatic carbocycles. The van der Waals surface area contributed by atoms with Gasteiger partial charge >= 0.3 is 0 Å². The molecule has 0 bridgehead atoms. The number of nitrogens with one attached hydrogen (secondary N) is 1. The second kappa shape index (κ2) is 4.95. The summed E-state index contributed by atoms with van der Waals surface area (Å²) in [6.07, 6.45) is 0.164. The highest BCUT2D eigenvalue weighted by Gasteiger charge is 2.10. The highest BCUT2D eigenvalue weighted by Crippen LogP contribution is 2.16. The van der Waals surface area contributed by atoms with Crippen molar-refractivity contribution in [3.8, 4) is 0 Å². The van der Waals surface area contributed by atoms with Crippen LogP contribution in [0.5, 0.6) is 0 Å². The highest BCUT2D eigenvalue weighted by atomic mass is 16.1. The van der Waals surface area contributed by atoms with Crippen LogP contribution in [0, 0.1) is 13.8 Å². The van der Waals surface area contributed by atoms with Gasteiger partial charge in [0.05, 0.1) is 6.42 Å². The van der Waals surface area contributed by atoms with E-state index in [4.69, 9.17) is 0 Å². The fourth-order valence-electron chi connectivity index (χ4n) is 1.69. The minimum atomic E-state index is -0.125. The Morgan fingerprint density at radius 2 is 2.17 bits per heavy atom. The molecule has 1 amide bonds. The fourth-order valence-corrected chi connectivity index (χ4v) is 1.69. The summed E-state index contributed by atoms with van der Waals surface area (Å²) < 4.78 is 1.49. The molecule has 2 aromatic rings. The van der Waals surface area contributed by atoms with Crippen LogP contribution >= 0.6 is 0 Å². The zero-order valence-corrected chi connectivity index (χ0v) is 10.6. The molecular weight excluding hydrogens is 230 g/mol. The molecule has 0 aliphatic rings. The Bertz CT molecular complexity index is 576. The Kier molecular flexibility index (Phi) is 3.36. The zero-order chi connectivity index (χ0) is 13.1. The van der Waals surface area contributed by atoms with E-state index in [9.17, 15) is 4.79 Å². The van der Waals surface area contributed by atoms with Crippen molar-refractivity contribution in [3.05, 3.63) is 35.2 Å². The van der Waals surface area contributed by atoms with Crippen LogP contribution in [0.1, 0.15) is 17.0 Å². The summed E-state index contributed by atoms with van der Waals surface area (Å²) in [5.74, 6) is 0.414. The lowest BCUT2D eigenvalue weighted by atomic mass is 10.1. The van der Waals surface area contributed by atoms with Crippen molar-refractivity contribution < 1.29 is 4.79 Å².